The van der Waals surface area contributed by atoms with E-state index < -0.39 is 11.9 Å². The lowest BCUT2D eigenvalue weighted by atomic mass is 10.1. The molecule has 1 saturated heterocycles. The number of methoxy groups -OCH3 is 1. The van der Waals surface area contributed by atoms with Gasteiger partial charge in [0.25, 0.3) is 0 Å². The zero-order valence-electron chi connectivity index (χ0n) is 19.1. The highest BCUT2D eigenvalue weighted by atomic mass is 79.9. The monoisotopic (exact) mass is 553 g/mol. The Morgan fingerprint density at radius 1 is 1.28 bits per heavy atom. The number of ether oxygens (including phenoxy) is 1. The minimum atomic E-state index is -0.619. The third kappa shape index (κ3) is 3.63. The lowest BCUT2D eigenvalue weighted by molar-refractivity contribution is -0.138. The van der Waals surface area contributed by atoms with Crippen LogP contribution in [0.25, 0.3) is 21.9 Å². The van der Waals surface area contributed by atoms with E-state index in [9.17, 15) is 14.0 Å². The summed E-state index contributed by atoms with van der Waals surface area (Å²) in [4.78, 5) is 41.1. The van der Waals surface area contributed by atoms with Gasteiger partial charge in [0.05, 0.1) is 18.0 Å². The zero-order chi connectivity index (χ0) is 25.1. The van der Waals surface area contributed by atoms with Crippen molar-refractivity contribution in [1.82, 2.24) is 24.4 Å². The number of pyridine rings is 1. The van der Waals surface area contributed by atoms with E-state index in [4.69, 9.17) is 10.5 Å². The Hall–Kier alpha value is -3.80. The van der Waals surface area contributed by atoms with Crippen molar-refractivity contribution in [2.75, 3.05) is 18.2 Å². The number of nitrogen functional groups attached to an aromatic ring is 1. The average Bonchev–Trinajstić information content (AvgIpc) is 3.40. The molecule has 6 rings (SSSR count). The first-order chi connectivity index (χ1) is 17.4. The van der Waals surface area contributed by atoms with E-state index in [1.165, 1.54) is 25.6 Å². The highest BCUT2D eigenvalue weighted by Crippen LogP contribution is 2.48. The number of piperidine rings is 1. The number of fused-ring (bicyclic) bond motifs is 4. The number of rotatable bonds is 5. The number of carbonyl (C=O) groups is 2. The fourth-order valence-electron chi connectivity index (χ4n) is 5.20. The highest BCUT2D eigenvalue weighted by molar-refractivity contribution is 9.10. The van der Waals surface area contributed by atoms with Crippen LogP contribution >= 0.6 is 15.9 Å². The first-order valence-corrected chi connectivity index (χ1v) is 12.2. The maximum absolute atomic E-state index is 14.7. The van der Waals surface area contributed by atoms with E-state index in [-0.39, 0.29) is 41.9 Å². The van der Waals surface area contributed by atoms with Crippen LogP contribution in [-0.4, -0.2) is 55.4 Å². The van der Waals surface area contributed by atoms with Crippen LogP contribution in [0.3, 0.4) is 0 Å². The van der Waals surface area contributed by atoms with Gasteiger partial charge in [0.1, 0.15) is 40.8 Å². The summed E-state index contributed by atoms with van der Waals surface area (Å²) >= 11 is 3.30. The normalized spacial score (nSPS) is 20.5. The molecular formula is C24H21BrFN7O3. The lowest BCUT2D eigenvalue weighted by Gasteiger charge is -2.27. The van der Waals surface area contributed by atoms with Crippen LogP contribution in [0.1, 0.15) is 12.8 Å². The summed E-state index contributed by atoms with van der Waals surface area (Å²) in [6, 6.07) is 7.44. The SMILES string of the molecule is COc1cc2c3c(N)ncnc3n(CC(=O)N3[C@@H]4C[C@@H]4C[C@H]3C(=O)Nc3cccc(Br)n3)c2cc1F. The first-order valence-electron chi connectivity index (χ1n) is 11.4. The predicted molar refractivity (Wildman–Crippen MR) is 134 cm³/mol. The summed E-state index contributed by atoms with van der Waals surface area (Å²) in [5.41, 5.74) is 6.98. The second-order valence-electron chi connectivity index (χ2n) is 9.00. The van der Waals surface area contributed by atoms with Crippen molar-refractivity contribution < 1.29 is 18.7 Å². The van der Waals surface area contributed by atoms with Crippen molar-refractivity contribution in [3.63, 3.8) is 0 Å². The van der Waals surface area contributed by atoms with Gasteiger partial charge in [0, 0.05) is 17.5 Å². The van der Waals surface area contributed by atoms with Crippen LogP contribution in [0, 0.1) is 11.7 Å². The molecule has 0 bridgehead atoms. The number of likely N-dealkylation sites (tertiary alicyclic amines) is 1. The Kier molecular flexibility index (Phi) is 5.29. The largest absolute Gasteiger partial charge is 0.494 e. The molecule has 4 aromatic rings. The van der Waals surface area contributed by atoms with Gasteiger partial charge < -0.3 is 25.3 Å². The third-order valence-electron chi connectivity index (χ3n) is 6.90. The molecule has 1 aliphatic heterocycles. The first kappa shape index (κ1) is 22.7. The molecule has 0 radical (unpaired) electrons. The number of benzene rings is 1. The maximum Gasteiger partial charge on any atom is 0.248 e. The number of hydrogen-bond donors (Lipinski definition) is 2. The lowest BCUT2D eigenvalue weighted by Crippen LogP contribution is -2.46. The highest BCUT2D eigenvalue weighted by Gasteiger charge is 2.56. The topological polar surface area (TPSA) is 128 Å². The van der Waals surface area contributed by atoms with Crippen LogP contribution < -0.4 is 15.8 Å². The molecule has 3 atom stereocenters. The molecule has 2 aliphatic rings. The smallest absolute Gasteiger partial charge is 0.248 e. The second kappa shape index (κ2) is 8.40. The number of hydrogen-bond acceptors (Lipinski definition) is 7. The fraction of sp³-hybridized carbons (Fsp3) is 0.292. The number of nitrogens with one attached hydrogen (secondary N) is 1. The quantitative estimate of drug-likeness (QED) is 0.363. The van der Waals surface area contributed by atoms with Crippen molar-refractivity contribution in [2.45, 2.75) is 31.5 Å². The molecule has 1 aliphatic carbocycles. The van der Waals surface area contributed by atoms with Gasteiger partial charge >= 0.3 is 0 Å². The number of amides is 2. The molecule has 4 heterocycles. The van der Waals surface area contributed by atoms with Gasteiger partial charge in [-0.2, -0.15) is 0 Å². The van der Waals surface area contributed by atoms with Crippen molar-refractivity contribution >= 4 is 61.3 Å². The molecule has 0 spiro atoms. The average molecular weight is 554 g/mol. The van der Waals surface area contributed by atoms with Crippen LogP contribution in [0.2, 0.25) is 0 Å². The van der Waals surface area contributed by atoms with E-state index in [2.05, 4.69) is 36.2 Å². The van der Waals surface area contributed by atoms with E-state index in [0.717, 1.165) is 6.42 Å². The number of halogens is 2. The van der Waals surface area contributed by atoms with Crippen molar-refractivity contribution in [2.24, 2.45) is 5.92 Å². The molecule has 3 N–H and O–H groups in total. The van der Waals surface area contributed by atoms with Gasteiger partial charge in [-0.05, 0) is 52.9 Å². The van der Waals surface area contributed by atoms with Crippen LogP contribution in [0.4, 0.5) is 16.0 Å². The van der Waals surface area contributed by atoms with Crippen molar-refractivity contribution in [3.8, 4) is 5.75 Å². The summed E-state index contributed by atoms with van der Waals surface area (Å²) in [6.07, 6.45) is 2.75. The minimum Gasteiger partial charge on any atom is -0.494 e. The fourth-order valence-corrected chi connectivity index (χ4v) is 5.55. The maximum atomic E-state index is 14.7. The van der Waals surface area contributed by atoms with E-state index in [1.807, 2.05) is 0 Å². The van der Waals surface area contributed by atoms with E-state index >= 15 is 0 Å². The molecule has 0 unspecified atom stereocenters. The number of nitrogens with two attached hydrogens (primary N) is 1. The van der Waals surface area contributed by atoms with Gasteiger partial charge in [-0.3, -0.25) is 9.59 Å². The molecule has 2 fully saturated rings. The van der Waals surface area contributed by atoms with Gasteiger partial charge in [-0.25, -0.2) is 19.3 Å². The number of nitrogens with zero attached hydrogens (tertiary/aromatic N) is 5. The molecule has 184 valence electrons. The van der Waals surface area contributed by atoms with E-state index in [1.54, 1.807) is 27.7 Å². The summed E-state index contributed by atoms with van der Waals surface area (Å²) < 4.78 is 22.0. The zero-order valence-corrected chi connectivity index (χ0v) is 20.7. The molecule has 1 saturated carbocycles. The second-order valence-corrected chi connectivity index (χ2v) is 9.81. The van der Waals surface area contributed by atoms with Crippen molar-refractivity contribution in [3.05, 3.63) is 47.1 Å². The summed E-state index contributed by atoms with van der Waals surface area (Å²) in [5.74, 6) is -0.156. The summed E-state index contributed by atoms with van der Waals surface area (Å²) in [6.45, 7) is -0.135. The molecule has 3 aromatic heterocycles. The Bertz CT molecular complexity index is 1560. The Morgan fingerprint density at radius 2 is 2.11 bits per heavy atom. The molecule has 1 aromatic carbocycles. The van der Waals surface area contributed by atoms with Gasteiger partial charge in [-0.1, -0.05) is 6.07 Å². The van der Waals surface area contributed by atoms with Crippen LogP contribution in [0.15, 0.2) is 41.3 Å². The van der Waals surface area contributed by atoms with Crippen molar-refractivity contribution in [1.29, 1.82) is 0 Å². The summed E-state index contributed by atoms with van der Waals surface area (Å²) in [7, 11) is 1.38. The van der Waals surface area contributed by atoms with Gasteiger partial charge in [0.15, 0.2) is 11.6 Å². The predicted octanol–water partition coefficient (Wildman–Crippen LogP) is 3.10. The van der Waals surface area contributed by atoms with Gasteiger partial charge in [0.2, 0.25) is 11.8 Å². The van der Waals surface area contributed by atoms with Crippen LogP contribution in [0.5, 0.6) is 5.75 Å². The van der Waals surface area contributed by atoms with E-state index in [0.29, 0.717) is 38.8 Å². The number of carbonyl (C=O) groups excluding carboxylic acids is 2. The Morgan fingerprint density at radius 3 is 2.89 bits per heavy atom. The molecule has 36 heavy (non-hydrogen) atoms. The molecule has 2 amide bonds. The third-order valence-corrected chi connectivity index (χ3v) is 7.34. The summed E-state index contributed by atoms with van der Waals surface area (Å²) in [5, 5.41) is 3.91. The van der Waals surface area contributed by atoms with Crippen LogP contribution in [-0.2, 0) is 16.1 Å². The Labute approximate surface area is 212 Å². The Balaban J connectivity index is 1.35. The molecule has 12 heteroatoms. The standard InChI is InChI=1S/C24H21BrFN7O3/c1-36-17-7-12-15(8-13(17)26)32(23-21(12)22(27)28-10-29-23)9-20(34)33-14-5-11(14)6-16(33)24(35)31-19-4-2-3-18(25)30-19/h2-4,7-8,10-11,14,16H,5-6,9H2,1H3,(H2,27,28,29)(H,30,31,35)/t11-,14-,16+/m1/s1. The number of anilines is 2. The molecular weight excluding hydrogens is 533 g/mol. The number of aromatic nitrogens is 4. The molecule has 10 nitrogen and oxygen atoms in total. The van der Waals surface area contributed by atoms with Gasteiger partial charge in [-0.15, -0.1) is 0 Å². The minimum absolute atomic E-state index is 0.00772.